The van der Waals surface area contributed by atoms with Crippen molar-refractivity contribution in [1.82, 2.24) is 0 Å². The molecule has 2 rings (SSSR count). The van der Waals surface area contributed by atoms with Crippen LogP contribution >= 0.6 is 15.9 Å². The van der Waals surface area contributed by atoms with Crippen molar-refractivity contribution in [3.63, 3.8) is 0 Å². The zero-order valence-corrected chi connectivity index (χ0v) is 7.76. The number of carbonyl (C=O) groups is 1. The van der Waals surface area contributed by atoms with Gasteiger partial charge in [0.25, 0.3) is 0 Å². The van der Waals surface area contributed by atoms with Crippen LogP contribution in [0.2, 0.25) is 0 Å². The molecular weight excluding hydrogens is 220 g/mol. The Morgan fingerprint density at radius 2 is 2.25 bits per heavy atom. The van der Waals surface area contributed by atoms with E-state index >= 15 is 0 Å². The van der Waals surface area contributed by atoms with Crippen LogP contribution in [0, 0.1) is 0 Å². The van der Waals surface area contributed by atoms with E-state index in [2.05, 4.69) is 21.2 Å². The lowest BCUT2D eigenvalue weighted by Crippen LogP contribution is -2.19. The second-order valence-electron chi connectivity index (χ2n) is 2.70. The van der Waals surface area contributed by atoms with Crippen molar-refractivity contribution in [1.29, 1.82) is 0 Å². The van der Waals surface area contributed by atoms with Crippen molar-refractivity contribution in [3.05, 3.63) is 28.2 Å². The Labute approximate surface area is 78.1 Å². The van der Waals surface area contributed by atoms with E-state index in [1.54, 1.807) is 0 Å². The summed E-state index contributed by atoms with van der Waals surface area (Å²) in [6.45, 7) is 0. The molecule has 0 spiro atoms. The summed E-state index contributed by atoms with van der Waals surface area (Å²) in [5.74, 6) is -0.136. The Balaban J connectivity index is 2.55. The van der Waals surface area contributed by atoms with Crippen LogP contribution < -0.4 is 11.1 Å². The molecule has 0 saturated carbocycles. The highest BCUT2D eigenvalue weighted by molar-refractivity contribution is 9.10. The average molecular weight is 227 g/mol. The van der Waals surface area contributed by atoms with Crippen molar-refractivity contribution in [2.75, 3.05) is 5.32 Å². The molecule has 1 heterocycles. The van der Waals surface area contributed by atoms with Crippen molar-refractivity contribution in [2.24, 2.45) is 5.73 Å². The van der Waals surface area contributed by atoms with Crippen LogP contribution in [0.5, 0.6) is 0 Å². The SMILES string of the molecule is N[C@@H]1C(=O)Nc2ccc(Br)cc21. The summed E-state index contributed by atoms with van der Waals surface area (Å²) in [5.41, 5.74) is 7.30. The fourth-order valence-electron chi connectivity index (χ4n) is 1.26. The number of amides is 1. The molecule has 1 aliphatic rings. The highest BCUT2D eigenvalue weighted by Crippen LogP contribution is 2.31. The van der Waals surface area contributed by atoms with E-state index in [1.165, 1.54) is 0 Å². The summed E-state index contributed by atoms with van der Waals surface area (Å²) in [6, 6.07) is 5.05. The van der Waals surface area contributed by atoms with Crippen molar-refractivity contribution in [3.8, 4) is 0 Å². The number of fused-ring (bicyclic) bond motifs is 1. The summed E-state index contributed by atoms with van der Waals surface area (Å²) in [6.07, 6.45) is 0. The van der Waals surface area contributed by atoms with Crippen LogP contribution in [0.4, 0.5) is 5.69 Å². The minimum Gasteiger partial charge on any atom is -0.324 e. The van der Waals surface area contributed by atoms with Crippen LogP contribution in [0.15, 0.2) is 22.7 Å². The first-order chi connectivity index (χ1) is 5.68. The van der Waals surface area contributed by atoms with Crippen LogP contribution in [0.1, 0.15) is 11.6 Å². The molecular formula is C8H7BrN2O. The lowest BCUT2D eigenvalue weighted by molar-refractivity contribution is -0.116. The summed E-state index contributed by atoms with van der Waals surface area (Å²) in [7, 11) is 0. The number of halogens is 1. The maximum Gasteiger partial charge on any atom is 0.245 e. The molecule has 12 heavy (non-hydrogen) atoms. The quantitative estimate of drug-likeness (QED) is 0.703. The first-order valence-electron chi connectivity index (χ1n) is 3.54. The lowest BCUT2D eigenvalue weighted by Gasteiger charge is -2.00. The molecule has 1 amide bonds. The summed E-state index contributed by atoms with van der Waals surface area (Å²) in [5, 5.41) is 2.69. The zero-order chi connectivity index (χ0) is 8.72. The van der Waals surface area contributed by atoms with Gasteiger partial charge in [-0.15, -0.1) is 0 Å². The molecule has 0 bridgehead atoms. The van der Waals surface area contributed by atoms with Crippen molar-refractivity contribution >= 4 is 27.5 Å². The first-order valence-corrected chi connectivity index (χ1v) is 4.33. The van der Waals surface area contributed by atoms with E-state index < -0.39 is 6.04 Å². The number of hydrogen-bond acceptors (Lipinski definition) is 2. The van der Waals surface area contributed by atoms with Crippen LogP contribution in [0.25, 0.3) is 0 Å². The van der Waals surface area contributed by atoms with Crippen LogP contribution in [-0.2, 0) is 4.79 Å². The predicted octanol–water partition coefficient (Wildman–Crippen LogP) is 1.40. The third-order valence-corrected chi connectivity index (χ3v) is 2.38. The molecule has 62 valence electrons. The van der Waals surface area contributed by atoms with E-state index in [4.69, 9.17) is 5.73 Å². The lowest BCUT2D eigenvalue weighted by atomic mass is 10.1. The van der Waals surface area contributed by atoms with Gasteiger partial charge in [0.05, 0.1) is 0 Å². The van der Waals surface area contributed by atoms with Gasteiger partial charge < -0.3 is 11.1 Å². The number of anilines is 1. The summed E-state index contributed by atoms with van der Waals surface area (Å²) >= 11 is 3.32. The van der Waals surface area contributed by atoms with Gasteiger partial charge >= 0.3 is 0 Å². The van der Waals surface area contributed by atoms with Crippen LogP contribution in [-0.4, -0.2) is 5.91 Å². The Morgan fingerprint density at radius 1 is 1.50 bits per heavy atom. The molecule has 1 atom stereocenters. The molecule has 0 fully saturated rings. The number of rotatable bonds is 0. The van der Waals surface area contributed by atoms with E-state index in [0.717, 1.165) is 15.7 Å². The fourth-order valence-corrected chi connectivity index (χ4v) is 1.64. The third-order valence-electron chi connectivity index (χ3n) is 1.89. The molecule has 1 aliphatic heterocycles. The minimum absolute atomic E-state index is 0.136. The Kier molecular flexibility index (Phi) is 1.66. The Morgan fingerprint density at radius 3 is 3.00 bits per heavy atom. The van der Waals surface area contributed by atoms with E-state index in [9.17, 15) is 4.79 Å². The van der Waals surface area contributed by atoms with Gasteiger partial charge in [0.1, 0.15) is 6.04 Å². The maximum absolute atomic E-state index is 11.1. The van der Waals surface area contributed by atoms with Crippen LogP contribution in [0.3, 0.4) is 0 Å². The Hall–Kier alpha value is -0.870. The van der Waals surface area contributed by atoms with Gasteiger partial charge in [-0.3, -0.25) is 4.79 Å². The van der Waals surface area contributed by atoms with E-state index in [1.807, 2.05) is 18.2 Å². The molecule has 0 aliphatic carbocycles. The van der Waals surface area contributed by atoms with Gasteiger partial charge in [-0.25, -0.2) is 0 Å². The number of nitrogens with two attached hydrogens (primary N) is 1. The fraction of sp³-hybridized carbons (Fsp3) is 0.125. The number of nitrogens with one attached hydrogen (secondary N) is 1. The number of hydrogen-bond donors (Lipinski definition) is 2. The van der Waals surface area contributed by atoms with E-state index in [0.29, 0.717) is 0 Å². The van der Waals surface area contributed by atoms with Gasteiger partial charge in [0.2, 0.25) is 5.91 Å². The molecule has 0 saturated heterocycles. The zero-order valence-electron chi connectivity index (χ0n) is 6.17. The number of benzene rings is 1. The van der Waals surface area contributed by atoms with Crippen molar-refractivity contribution < 1.29 is 4.79 Å². The molecule has 0 unspecified atom stereocenters. The smallest absolute Gasteiger partial charge is 0.245 e. The van der Waals surface area contributed by atoms with Gasteiger partial charge in [-0.1, -0.05) is 15.9 Å². The minimum atomic E-state index is -0.516. The number of carbonyl (C=O) groups excluding carboxylic acids is 1. The normalized spacial score (nSPS) is 20.5. The second kappa shape index (κ2) is 2.57. The topological polar surface area (TPSA) is 55.1 Å². The second-order valence-corrected chi connectivity index (χ2v) is 3.61. The van der Waals surface area contributed by atoms with Gasteiger partial charge in [0, 0.05) is 15.7 Å². The van der Waals surface area contributed by atoms with Gasteiger partial charge in [-0.05, 0) is 18.2 Å². The highest BCUT2D eigenvalue weighted by atomic mass is 79.9. The molecule has 1 aromatic rings. The third kappa shape index (κ3) is 1.04. The largest absolute Gasteiger partial charge is 0.324 e. The first kappa shape index (κ1) is 7.76. The summed E-state index contributed by atoms with van der Waals surface area (Å²) in [4.78, 5) is 11.1. The standard InChI is InChI=1S/C8H7BrN2O/c9-4-1-2-6-5(3-4)7(10)8(12)11-6/h1-3,7H,10H2,(H,11,12)/t7-/m0/s1. The monoisotopic (exact) mass is 226 g/mol. The predicted molar refractivity (Wildman–Crippen MR) is 49.7 cm³/mol. The molecule has 1 aromatic carbocycles. The van der Waals surface area contributed by atoms with Crippen molar-refractivity contribution in [2.45, 2.75) is 6.04 Å². The molecule has 0 aromatic heterocycles. The molecule has 3 N–H and O–H groups in total. The van der Waals surface area contributed by atoms with Gasteiger partial charge in [-0.2, -0.15) is 0 Å². The molecule has 4 heteroatoms. The van der Waals surface area contributed by atoms with Gasteiger partial charge in [0.15, 0.2) is 0 Å². The van der Waals surface area contributed by atoms with E-state index in [-0.39, 0.29) is 5.91 Å². The maximum atomic E-state index is 11.1. The average Bonchev–Trinajstić information content (AvgIpc) is 2.31. The Bertz CT molecular complexity index is 351. The molecule has 3 nitrogen and oxygen atoms in total. The highest BCUT2D eigenvalue weighted by Gasteiger charge is 2.26. The summed E-state index contributed by atoms with van der Waals surface area (Å²) < 4.78 is 0.938. The molecule has 0 radical (unpaired) electrons.